The molecule has 0 amide bonds. The molecular weight excluding hydrogens is 248 g/mol. The first-order valence-electron chi connectivity index (χ1n) is 9.13. The zero-order valence-corrected chi connectivity index (χ0v) is 13.7. The van der Waals surface area contributed by atoms with Crippen molar-refractivity contribution in [2.45, 2.75) is 96.5 Å². The maximum atomic E-state index is 5.67. The van der Waals surface area contributed by atoms with Gasteiger partial charge in [0.05, 0.1) is 12.7 Å². The molecule has 20 heavy (non-hydrogen) atoms. The van der Waals surface area contributed by atoms with Crippen molar-refractivity contribution in [2.24, 2.45) is 0 Å². The second kappa shape index (κ2) is 13.9. The Kier molecular flexibility index (Phi) is 12.5. The number of ether oxygens (including phenoxy) is 2. The van der Waals surface area contributed by atoms with Crippen LogP contribution in [-0.2, 0) is 9.47 Å². The van der Waals surface area contributed by atoms with Gasteiger partial charge in [-0.3, -0.25) is 0 Å². The van der Waals surface area contributed by atoms with Gasteiger partial charge in [-0.25, -0.2) is 0 Å². The Labute approximate surface area is 126 Å². The molecule has 0 aromatic rings. The number of unbranched alkanes of at least 4 members (excludes halogenated alkanes) is 10. The molecule has 1 heterocycles. The lowest BCUT2D eigenvalue weighted by atomic mass is 10.1. The standard InChI is InChI=1S/C18H36O2/c1-2-3-4-5-6-7-8-9-10-12-15-19-16-13-11-14-18-17-20-18/h18H,2-17H2,1H3. The van der Waals surface area contributed by atoms with Crippen LogP contribution in [0.3, 0.4) is 0 Å². The van der Waals surface area contributed by atoms with Gasteiger partial charge in [-0.2, -0.15) is 0 Å². The van der Waals surface area contributed by atoms with E-state index in [0.717, 1.165) is 19.8 Å². The first-order chi connectivity index (χ1) is 9.93. The average Bonchev–Trinajstić information content (AvgIpc) is 3.27. The fourth-order valence-electron chi connectivity index (χ4n) is 2.60. The summed E-state index contributed by atoms with van der Waals surface area (Å²) in [4.78, 5) is 0. The molecule has 0 radical (unpaired) electrons. The Balaban J connectivity index is 1.60. The second-order valence-corrected chi connectivity index (χ2v) is 6.25. The molecule has 0 spiro atoms. The van der Waals surface area contributed by atoms with Gasteiger partial charge in [0, 0.05) is 13.2 Å². The zero-order valence-electron chi connectivity index (χ0n) is 13.7. The third-order valence-corrected chi connectivity index (χ3v) is 4.11. The molecule has 1 saturated heterocycles. The Morgan fingerprint density at radius 3 is 1.80 bits per heavy atom. The second-order valence-electron chi connectivity index (χ2n) is 6.25. The van der Waals surface area contributed by atoms with Gasteiger partial charge in [0.15, 0.2) is 0 Å². The predicted molar refractivity (Wildman–Crippen MR) is 86.3 cm³/mol. The summed E-state index contributed by atoms with van der Waals surface area (Å²) in [6.07, 6.45) is 18.3. The van der Waals surface area contributed by atoms with Crippen LogP contribution in [0, 0.1) is 0 Å². The highest BCUT2D eigenvalue weighted by Crippen LogP contribution is 2.16. The summed E-state index contributed by atoms with van der Waals surface area (Å²) >= 11 is 0. The Bertz CT molecular complexity index is 190. The Morgan fingerprint density at radius 1 is 0.750 bits per heavy atom. The summed E-state index contributed by atoms with van der Waals surface area (Å²) in [5.41, 5.74) is 0. The molecular formula is C18H36O2. The van der Waals surface area contributed by atoms with Gasteiger partial charge >= 0.3 is 0 Å². The molecule has 0 aromatic heterocycles. The molecule has 2 heteroatoms. The minimum Gasteiger partial charge on any atom is -0.381 e. The van der Waals surface area contributed by atoms with Crippen LogP contribution < -0.4 is 0 Å². The lowest BCUT2D eigenvalue weighted by molar-refractivity contribution is 0.125. The third-order valence-electron chi connectivity index (χ3n) is 4.11. The fourth-order valence-corrected chi connectivity index (χ4v) is 2.60. The Hall–Kier alpha value is -0.0800. The smallest absolute Gasteiger partial charge is 0.0810 e. The molecule has 1 unspecified atom stereocenters. The first kappa shape index (κ1) is 18.0. The average molecular weight is 284 g/mol. The van der Waals surface area contributed by atoms with Crippen molar-refractivity contribution < 1.29 is 9.47 Å². The van der Waals surface area contributed by atoms with E-state index in [9.17, 15) is 0 Å². The van der Waals surface area contributed by atoms with Crippen molar-refractivity contribution in [3.05, 3.63) is 0 Å². The van der Waals surface area contributed by atoms with Crippen LogP contribution in [-0.4, -0.2) is 25.9 Å². The molecule has 1 fully saturated rings. The van der Waals surface area contributed by atoms with Crippen LogP contribution in [0.2, 0.25) is 0 Å². The van der Waals surface area contributed by atoms with Gasteiger partial charge in [0.25, 0.3) is 0 Å². The predicted octanol–water partition coefficient (Wildman–Crippen LogP) is 5.49. The number of hydrogen-bond donors (Lipinski definition) is 0. The summed E-state index contributed by atoms with van der Waals surface area (Å²) in [6, 6.07) is 0. The molecule has 0 bridgehead atoms. The molecule has 120 valence electrons. The lowest BCUT2D eigenvalue weighted by Crippen LogP contribution is -1.98. The van der Waals surface area contributed by atoms with Crippen LogP contribution in [0.5, 0.6) is 0 Å². The van der Waals surface area contributed by atoms with Crippen LogP contribution in [0.15, 0.2) is 0 Å². The van der Waals surface area contributed by atoms with Gasteiger partial charge in [0.2, 0.25) is 0 Å². The van der Waals surface area contributed by atoms with Crippen molar-refractivity contribution in [1.82, 2.24) is 0 Å². The van der Waals surface area contributed by atoms with E-state index in [-0.39, 0.29) is 0 Å². The van der Waals surface area contributed by atoms with Crippen LogP contribution >= 0.6 is 0 Å². The molecule has 1 aliphatic heterocycles. The Morgan fingerprint density at radius 2 is 1.25 bits per heavy atom. The first-order valence-corrected chi connectivity index (χ1v) is 9.13. The molecule has 0 saturated carbocycles. The zero-order chi connectivity index (χ0) is 14.3. The highest BCUT2D eigenvalue weighted by atomic mass is 16.6. The van der Waals surface area contributed by atoms with E-state index >= 15 is 0 Å². The van der Waals surface area contributed by atoms with E-state index in [1.807, 2.05) is 0 Å². The number of epoxide rings is 1. The normalized spacial score (nSPS) is 17.6. The minimum absolute atomic E-state index is 0.594. The maximum Gasteiger partial charge on any atom is 0.0810 e. The summed E-state index contributed by atoms with van der Waals surface area (Å²) < 4.78 is 10.9. The monoisotopic (exact) mass is 284 g/mol. The van der Waals surface area contributed by atoms with Gasteiger partial charge in [0.1, 0.15) is 0 Å². The van der Waals surface area contributed by atoms with E-state index in [1.54, 1.807) is 0 Å². The maximum absolute atomic E-state index is 5.67. The summed E-state index contributed by atoms with van der Waals surface area (Å²) in [6.45, 7) is 5.20. The van der Waals surface area contributed by atoms with E-state index in [0.29, 0.717) is 6.10 Å². The van der Waals surface area contributed by atoms with Gasteiger partial charge in [-0.05, 0) is 25.7 Å². The van der Waals surface area contributed by atoms with Crippen molar-refractivity contribution in [1.29, 1.82) is 0 Å². The van der Waals surface area contributed by atoms with E-state index in [2.05, 4.69) is 6.92 Å². The van der Waals surface area contributed by atoms with Crippen molar-refractivity contribution in [2.75, 3.05) is 19.8 Å². The number of hydrogen-bond acceptors (Lipinski definition) is 2. The van der Waals surface area contributed by atoms with Crippen molar-refractivity contribution in [3.63, 3.8) is 0 Å². The topological polar surface area (TPSA) is 21.8 Å². The van der Waals surface area contributed by atoms with Crippen LogP contribution in [0.4, 0.5) is 0 Å². The lowest BCUT2D eigenvalue weighted by Gasteiger charge is -2.04. The van der Waals surface area contributed by atoms with E-state index in [1.165, 1.54) is 83.5 Å². The van der Waals surface area contributed by atoms with Gasteiger partial charge in [-0.15, -0.1) is 0 Å². The molecule has 2 nitrogen and oxygen atoms in total. The quantitative estimate of drug-likeness (QED) is 0.276. The molecule has 1 rings (SSSR count). The SMILES string of the molecule is CCCCCCCCCCCCOCCCCC1CO1. The highest BCUT2D eigenvalue weighted by Gasteiger charge is 2.20. The van der Waals surface area contributed by atoms with Gasteiger partial charge < -0.3 is 9.47 Å². The summed E-state index contributed by atoms with van der Waals surface area (Å²) in [5.74, 6) is 0. The molecule has 0 N–H and O–H groups in total. The minimum atomic E-state index is 0.594. The van der Waals surface area contributed by atoms with E-state index < -0.39 is 0 Å². The van der Waals surface area contributed by atoms with E-state index in [4.69, 9.17) is 9.47 Å². The molecule has 0 aliphatic carbocycles. The summed E-state index contributed by atoms with van der Waals surface area (Å²) in [7, 11) is 0. The van der Waals surface area contributed by atoms with Crippen LogP contribution in [0.25, 0.3) is 0 Å². The molecule has 1 aliphatic rings. The van der Waals surface area contributed by atoms with Crippen LogP contribution in [0.1, 0.15) is 90.4 Å². The van der Waals surface area contributed by atoms with Gasteiger partial charge in [-0.1, -0.05) is 64.7 Å². The molecule has 0 aromatic carbocycles. The fraction of sp³-hybridized carbons (Fsp3) is 1.00. The third kappa shape index (κ3) is 12.9. The largest absolute Gasteiger partial charge is 0.381 e. The van der Waals surface area contributed by atoms with Crippen molar-refractivity contribution in [3.8, 4) is 0 Å². The highest BCUT2D eigenvalue weighted by molar-refractivity contribution is 4.67. The molecule has 1 atom stereocenters. The summed E-state index contributed by atoms with van der Waals surface area (Å²) in [5, 5.41) is 0. The number of rotatable bonds is 16. The van der Waals surface area contributed by atoms with Crippen molar-refractivity contribution >= 4 is 0 Å².